The summed E-state index contributed by atoms with van der Waals surface area (Å²) in [6.07, 6.45) is 0. The van der Waals surface area contributed by atoms with E-state index >= 15 is 0 Å². The maximum atomic E-state index is 12.9. The van der Waals surface area contributed by atoms with Crippen LogP contribution in [0.5, 0.6) is 0 Å². The van der Waals surface area contributed by atoms with Crippen LogP contribution in [0, 0.1) is 6.92 Å². The van der Waals surface area contributed by atoms with E-state index < -0.39 is 0 Å². The molecule has 0 atom stereocenters. The number of hydrogen-bond donors (Lipinski definition) is 0. The molecular weight excluding hydrogens is 308 g/mol. The van der Waals surface area contributed by atoms with Gasteiger partial charge in [-0.15, -0.1) is 0 Å². The molecule has 1 aromatic heterocycles. The lowest BCUT2D eigenvalue weighted by Crippen LogP contribution is -2.22. The predicted molar refractivity (Wildman–Crippen MR) is 101 cm³/mol. The van der Waals surface area contributed by atoms with Crippen LogP contribution < -0.4 is 4.90 Å². The topological polar surface area (TPSA) is 33.2 Å². The molecule has 1 aliphatic rings. The first-order chi connectivity index (χ1) is 12.2. The van der Waals surface area contributed by atoms with Crippen molar-refractivity contribution in [3.05, 3.63) is 83.6 Å². The summed E-state index contributed by atoms with van der Waals surface area (Å²) in [6, 6.07) is 22.4. The first kappa shape index (κ1) is 14.2. The fourth-order valence-corrected chi connectivity index (χ4v) is 3.55. The first-order valence-corrected chi connectivity index (χ1v) is 8.41. The molecule has 3 heteroatoms. The van der Waals surface area contributed by atoms with Gasteiger partial charge in [0.05, 0.1) is 23.3 Å². The fraction of sp³-hybridized carbons (Fsp3) is 0.0909. The first-order valence-electron chi connectivity index (χ1n) is 8.41. The predicted octanol–water partition coefficient (Wildman–Crippen LogP) is 4.86. The third-order valence-electron chi connectivity index (χ3n) is 4.92. The molecule has 120 valence electrons. The second-order valence-corrected chi connectivity index (χ2v) is 6.57. The van der Waals surface area contributed by atoms with Crippen molar-refractivity contribution in [3.63, 3.8) is 0 Å². The van der Waals surface area contributed by atoms with E-state index in [0.29, 0.717) is 12.1 Å². The number of fused-ring (bicyclic) bond motifs is 4. The van der Waals surface area contributed by atoms with Crippen LogP contribution in [0.3, 0.4) is 0 Å². The van der Waals surface area contributed by atoms with Gasteiger partial charge in [-0.2, -0.15) is 0 Å². The molecule has 1 amide bonds. The Morgan fingerprint density at radius 1 is 0.920 bits per heavy atom. The van der Waals surface area contributed by atoms with Crippen LogP contribution in [0.1, 0.15) is 21.6 Å². The smallest absolute Gasteiger partial charge is 0.260 e. The molecule has 0 radical (unpaired) electrons. The van der Waals surface area contributed by atoms with Crippen LogP contribution in [0.15, 0.2) is 66.7 Å². The maximum Gasteiger partial charge on any atom is 0.260 e. The molecule has 0 spiro atoms. The molecule has 25 heavy (non-hydrogen) atoms. The normalized spacial score (nSPS) is 13.6. The van der Waals surface area contributed by atoms with Crippen molar-refractivity contribution >= 4 is 33.3 Å². The van der Waals surface area contributed by atoms with Crippen molar-refractivity contribution in [2.45, 2.75) is 13.5 Å². The van der Waals surface area contributed by atoms with Crippen LogP contribution in [0.4, 0.5) is 5.69 Å². The van der Waals surface area contributed by atoms with Crippen LogP contribution in [-0.4, -0.2) is 10.9 Å². The van der Waals surface area contributed by atoms with E-state index in [1.165, 1.54) is 10.9 Å². The quantitative estimate of drug-likeness (QED) is 0.469. The van der Waals surface area contributed by atoms with E-state index in [-0.39, 0.29) is 5.91 Å². The second kappa shape index (κ2) is 5.15. The minimum Gasteiger partial charge on any atom is -0.302 e. The van der Waals surface area contributed by atoms with Gasteiger partial charge < -0.3 is 4.90 Å². The number of nitrogens with zero attached hydrogens (tertiary/aromatic N) is 2. The van der Waals surface area contributed by atoms with E-state index in [1.807, 2.05) is 55.5 Å². The van der Waals surface area contributed by atoms with Gasteiger partial charge in [0.1, 0.15) is 0 Å². The molecule has 3 aromatic carbocycles. The number of benzene rings is 3. The van der Waals surface area contributed by atoms with E-state index in [0.717, 1.165) is 27.7 Å². The minimum atomic E-state index is 0.0291. The highest BCUT2D eigenvalue weighted by Gasteiger charge is 2.30. The Bertz CT molecular complexity index is 1150. The van der Waals surface area contributed by atoms with Crippen molar-refractivity contribution in [2.24, 2.45) is 0 Å². The molecule has 0 saturated heterocycles. The molecule has 0 saturated carbocycles. The number of rotatable bonds is 1. The summed E-state index contributed by atoms with van der Waals surface area (Å²) in [5.41, 5.74) is 4.64. The molecule has 3 nitrogen and oxygen atoms in total. The highest BCUT2D eigenvalue weighted by molar-refractivity contribution is 6.13. The minimum absolute atomic E-state index is 0.0291. The third-order valence-corrected chi connectivity index (χ3v) is 4.92. The lowest BCUT2D eigenvalue weighted by molar-refractivity contribution is 0.0996. The fourth-order valence-electron chi connectivity index (χ4n) is 3.55. The van der Waals surface area contributed by atoms with E-state index in [9.17, 15) is 4.79 Å². The van der Waals surface area contributed by atoms with Crippen molar-refractivity contribution in [3.8, 4) is 0 Å². The number of anilines is 1. The van der Waals surface area contributed by atoms with Gasteiger partial charge in [-0.1, -0.05) is 54.1 Å². The molecule has 0 N–H and O–H groups in total. The van der Waals surface area contributed by atoms with Crippen LogP contribution in [-0.2, 0) is 6.54 Å². The second-order valence-electron chi connectivity index (χ2n) is 6.57. The Labute approximate surface area is 145 Å². The molecule has 4 aromatic rings. The highest BCUT2D eigenvalue weighted by atomic mass is 16.2. The Morgan fingerprint density at radius 3 is 2.52 bits per heavy atom. The Hall–Kier alpha value is -3.20. The van der Waals surface area contributed by atoms with E-state index in [4.69, 9.17) is 4.98 Å². The third kappa shape index (κ3) is 2.13. The Kier molecular flexibility index (Phi) is 2.92. The maximum absolute atomic E-state index is 12.9. The number of aryl methyl sites for hydroxylation is 1. The number of carbonyl (C=O) groups excluding carboxylic acids is 1. The molecule has 0 unspecified atom stereocenters. The van der Waals surface area contributed by atoms with Crippen molar-refractivity contribution in [2.75, 3.05) is 4.90 Å². The number of aromatic nitrogens is 1. The zero-order valence-corrected chi connectivity index (χ0v) is 13.9. The molecule has 5 rings (SSSR count). The van der Waals surface area contributed by atoms with Gasteiger partial charge in [-0.3, -0.25) is 4.79 Å². The van der Waals surface area contributed by atoms with Gasteiger partial charge in [-0.25, -0.2) is 4.98 Å². The van der Waals surface area contributed by atoms with Gasteiger partial charge in [0, 0.05) is 16.5 Å². The van der Waals surface area contributed by atoms with Gasteiger partial charge >= 0.3 is 0 Å². The zero-order chi connectivity index (χ0) is 17.0. The summed E-state index contributed by atoms with van der Waals surface area (Å²) in [6.45, 7) is 2.57. The van der Waals surface area contributed by atoms with Crippen LogP contribution in [0.2, 0.25) is 0 Å². The average Bonchev–Trinajstić information content (AvgIpc) is 2.97. The monoisotopic (exact) mass is 324 g/mol. The van der Waals surface area contributed by atoms with E-state index in [1.54, 1.807) is 4.90 Å². The lowest BCUT2D eigenvalue weighted by Gasteiger charge is -2.15. The average molecular weight is 324 g/mol. The Morgan fingerprint density at radius 2 is 1.68 bits per heavy atom. The molecule has 0 aliphatic carbocycles. The number of carbonyl (C=O) groups is 1. The molecular formula is C22H16N2O. The van der Waals surface area contributed by atoms with E-state index in [2.05, 4.69) is 18.2 Å². The summed E-state index contributed by atoms with van der Waals surface area (Å²) < 4.78 is 0. The summed E-state index contributed by atoms with van der Waals surface area (Å²) in [5, 5.41) is 3.31. The highest BCUT2D eigenvalue weighted by Crippen LogP contribution is 2.32. The van der Waals surface area contributed by atoms with Gasteiger partial charge in [0.2, 0.25) is 0 Å². The summed E-state index contributed by atoms with van der Waals surface area (Å²) >= 11 is 0. The van der Waals surface area contributed by atoms with Gasteiger partial charge in [-0.05, 0) is 30.5 Å². The number of amides is 1. The summed E-state index contributed by atoms with van der Waals surface area (Å²) in [5.74, 6) is 0.0291. The molecule has 1 aliphatic heterocycles. The van der Waals surface area contributed by atoms with Crippen LogP contribution in [0.25, 0.3) is 21.7 Å². The van der Waals surface area contributed by atoms with Crippen LogP contribution >= 0.6 is 0 Å². The van der Waals surface area contributed by atoms with Crippen molar-refractivity contribution in [1.82, 2.24) is 4.98 Å². The van der Waals surface area contributed by atoms with Crippen molar-refractivity contribution < 1.29 is 4.79 Å². The number of pyridine rings is 1. The molecule has 2 heterocycles. The Balaban J connectivity index is 1.67. The molecule has 0 bridgehead atoms. The van der Waals surface area contributed by atoms with Crippen molar-refractivity contribution in [1.29, 1.82) is 0 Å². The largest absolute Gasteiger partial charge is 0.302 e. The van der Waals surface area contributed by atoms with Gasteiger partial charge in [0.15, 0.2) is 0 Å². The summed E-state index contributed by atoms with van der Waals surface area (Å²) in [4.78, 5) is 19.5. The standard InChI is InChI=1S/C22H16N2O/c1-14-6-10-17(11-7-14)24-13-20-19(22(24)25)12-16-9-8-15-4-2-3-5-18(15)21(16)23-20/h2-12H,13H2,1H3. The summed E-state index contributed by atoms with van der Waals surface area (Å²) in [7, 11) is 0. The SMILES string of the molecule is Cc1ccc(N2Cc3nc4c(ccc5ccccc54)cc3C2=O)cc1. The van der Waals surface area contributed by atoms with Gasteiger partial charge in [0.25, 0.3) is 5.91 Å². The molecule has 0 fully saturated rings. The number of hydrogen-bond acceptors (Lipinski definition) is 2. The zero-order valence-electron chi connectivity index (χ0n) is 13.9. The lowest BCUT2D eigenvalue weighted by atomic mass is 10.0.